The SMILES string of the molecule is Cn1ccnc1CCN1CCC2(CC1)CC(=O)N(Cc1ccnn1C)CCO2. The lowest BCUT2D eigenvalue weighted by atomic mass is 9.87. The Morgan fingerprint density at radius 3 is 2.68 bits per heavy atom. The topological polar surface area (TPSA) is 68.4 Å². The predicted octanol–water partition coefficient (Wildman–Crippen LogP) is 0.980. The average Bonchev–Trinajstić information content (AvgIpc) is 3.24. The van der Waals surface area contributed by atoms with Gasteiger partial charge in [-0.15, -0.1) is 0 Å². The third kappa shape index (κ3) is 4.12. The molecule has 8 nitrogen and oxygen atoms in total. The highest BCUT2D eigenvalue weighted by atomic mass is 16.5. The Bertz CT molecular complexity index is 805. The Morgan fingerprint density at radius 2 is 2.00 bits per heavy atom. The molecular weight excluding hydrogens is 356 g/mol. The molecule has 2 aliphatic rings. The first kappa shape index (κ1) is 19.1. The van der Waals surface area contributed by atoms with Crippen molar-refractivity contribution in [2.24, 2.45) is 14.1 Å². The second-order valence-electron chi connectivity index (χ2n) is 8.02. The van der Waals surface area contributed by atoms with Crippen LogP contribution in [0.4, 0.5) is 0 Å². The van der Waals surface area contributed by atoms with Crippen molar-refractivity contribution in [2.45, 2.75) is 37.8 Å². The second-order valence-corrected chi connectivity index (χ2v) is 8.02. The summed E-state index contributed by atoms with van der Waals surface area (Å²) in [6.45, 7) is 4.80. The van der Waals surface area contributed by atoms with Crippen molar-refractivity contribution in [3.63, 3.8) is 0 Å². The summed E-state index contributed by atoms with van der Waals surface area (Å²) in [6, 6.07) is 1.97. The minimum atomic E-state index is -0.294. The van der Waals surface area contributed by atoms with Crippen LogP contribution < -0.4 is 0 Å². The number of rotatable bonds is 5. The molecule has 28 heavy (non-hydrogen) atoms. The smallest absolute Gasteiger partial charge is 0.225 e. The van der Waals surface area contributed by atoms with Gasteiger partial charge in [0.25, 0.3) is 0 Å². The van der Waals surface area contributed by atoms with Crippen LogP contribution in [0.3, 0.4) is 0 Å². The molecule has 1 spiro atoms. The lowest BCUT2D eigenvalue weighted by molar-refractivity contribution is -0.136. The zero-order valence-corrected chi connectivity index (χ0v) is 16.9. The molecule has 0 saturated carbocycles. The molecule has 0 atom stereocenters. The van der Waals surface area contributed by atoms with Gasteiger partial charge < -0.3 is 19.1 Å². The number of aryl methyl sites for hydroxylation is 2. The van der Waals surface area contributed by atoms with E-state index in [9.17, 15) is 4.79 Å². The number of piperidine rings is 1. The summed E-state index contributed by atoms with van der Waals surface area (Å²) >= 11 is 0. The first-order valence-corrected chi connectivity index (χ1v) is 10.1. The van der Waals surface area contributed by atoms with Gasteiger partial charge >= 0.3 is 0 Å². The number of likely N-dealkylation sites (tertiary alicyclic amines) is 1. The summed E-state index contributed by atoms with van der Waals surface area (Å²) in [5.41, 5.74) is 0.756. The molecule has 2 saturated heterocycles. The lowest BCUT2D eigenvalue weighted by Crippen LogP contribution is -2.47. The van der Waals surface area contributed by atoms with Crippen LogP contribution in [0.25, 0.3) is 0 Å². The first-order chi connectivity index (χ1) is 13.5. The van der Waals surface area contributed by atoms with Gasteiger partial charge in [0.1, 0.15) is 5.82 Å². The fourth-order valence-corrected chi connectivity index (χ4v) is 4.26. The molecular formula is C20H30N6O2. The minimum absolute atomic E-state index is 0.195. The zero-order valence-electron chi connectivity index (χ0n) is 16.9. The van der Waals surface area contributed by atoms with Crippen molar-refractivity contribution in [2.75, 3.05) is 32.8 Å². The molecule has 2 aromatic rings. The van der Waals surface area contributed by atoms with Crippen LogP contribution in [0.1, 0.15) is 30.8 Å². The van der Waals surface area contributed by atoms with Gasteiger partial charge in [-0.25, -0.2) is 4.98 Å². The maximum Gasteiger partial charge on any atom is 0.225 e. The number of amides is 1. The molecule has 2 aromatic heterocycles. The molecule has 0 radical (unpaired) electrons. The maximum atomic E-state index is 12.9. The fraction of sp³-hybridized carbons (Fsp3) is 0.650. The summed E-state index contributed by atoms with van der Waals surface area (Å²) in [5.74, 6) is 1.31. The quantitative estimate of drug-likeness (QED) is 0.766. The Labute approximate surface area is 166 Å². The Balaban J connectivity index is 1.30. The Kier molecular flexibility index (Phi) is 5.50. The third-order valence-electron chi connectivity index (χ3n) is 6.21. The van der Waals surface area contributed by atoms with E-state index in [1.165, 1.54) is 0 Å². The highest BCUT2D eigenvalue weighted by Gasteiger charge is 2.40. The molecule has 2 aliphatic heterocycles. The number of nitrogens with zero attached hydrogens (tertiary/aromatic N) is 6. The number of hydrogen-bond acceptors (Lipinski definition) is 5. The van der Waals surface area contributed by atoms with Crippen molar-refractivity contribution < 1.29 is 9.53 Å². The van der Waals surface area contributed by atoms with E-state index in [-0.39, 0.29) is 11.5 Å². The van der Waals surface area contributed by atoms with E-state index in [2.05, 4.69) is 19.5 Å². The van der Waals surface area contributed by atoms with Gasteiger partial charge in [-0.3, -0.25) is 9.48 Å². The number of carbonyl (C=O) groups excluding carboxylic acids is 1. The molecule has 152 valence electrons. The molecule has 0 aromatic carbocycles. The number of aromatic nitrogens is 4. The number of carbonyl (C=O) groups is 1. The van der Waals surface area contributed by atoms with Crippen LogP contribution in [0.2, 0.25) is 0 Å². The Hall–Kier alpha value is -2.19. The van der Waals surface area contributed by atoms with Crippen molar-refractivity contribution in [3.8, 4) is 0 Å². The molecule has 0 N–H and O–H groups in total. The van der Waals surface area contributed by atoms with Crippen LogP contribution >= 0.6 is 0 Å². The summed E-state index contributed by atoms with van der Waals surface area (Å²) in [4.78, 5) is 21.7. The van der Waals surface area contributed by atoms with E-state index in [1.807, 2.05) is 42.1 Å². The number of hydrogen-bond donors (Lipinski definition) is 0. The average molecular weight is 387 g/mol. The maximum absolute atomic E-state index is 12.9. The van der Waals surface area contributed by atoms with Crippen LogP contribution in [-0.2, 0) is 36.6 Å². The Morgan fingerprint density at radius 1 is 1.18 bits per heavy atom. The normalized spacial score (nSPS) is 20.6. The van der Waals surface area contributed by atoms with E-state index < -0.39 is 0 Å². The largest absolute Gasteiger partial charge is 0.373 e. The first-order valence-electron chi connectivity index (χ1n) is 10.1. The molecule has 0 unspecified atom stereocenters. The zero-order chi connectivity index (χ0) is 19.6. The van der Waals surface area contributed by atoms with Crippen LogP contribution in [0.5, 0.6) is 0 Å². The van der Waals surface area contributed by atoms with Crippen LogP contribution in [-0.4, -0.2) is 73.4 Å². The fourth-order valence-electron chi connectivity index (χ4n) is 4.26. The van der Waals surface area contributed by atoms with E-state index in [0.29, 0.717) is 26.1 Å². The minimum Gasteiger partial charge on any atom is -0.373 e. The molecule has 1 amide bonds. The van der Waals surface area contributed by atoms with E-state index in [4.69, 9.17) is 4.74 Å². The number of ether oxygens (including phenoxy) is 1. The van der Waals surface area contributed by atoms with Gasteiger partial charge in [-0.1, -0.05) is 0 Å². The molecule has 0 aliphatic carbocycles. The van der Waals surface area contributed by atoms with Crippen molar-refractivity contribution >= 4 is 5.91 Å². The summed E-state index contributed by atoms with van der Waals surface area (Å²) in [6.07, 6.45) is 8.88. The third-order valence-corrected chi connectivity index (χ3v) is 6.21. The highest BCUT2D eigenvalue weighted by Crippen LogP contribution is 2.32. The van der Waals surface area contributed by atoms with Crippen molar-refractivity contribution in [1.29, 1.82) is 0 Å². The van der Waals surface area contributed by atoms with E-state index >= 15 is 0 Å². The van der Waals surface area contributed by atoms with Gasteiger partial charge in [-0.05, 0) is 18.9 Å². The van der Waals surface area contributed by atoms with Crippen molar-refractivity contribution in [3.05, 3.63) is 36.2 Å². The monoisotopic (exact) mass is 386 g/mol. The molecule has 0 bridgehead atoms. The van der Waals surface area contributed by atoms with Gasteiger partial charge in [-0.2, -0.15) is 5.10 Å². The van der Waals surface area contributed by atoms with E-state index in [1.54, 1.807) is 6.20 Å². The number of imidazole rings is 1. The summed E-state index contributed by atoms with van der Waals surface area (Å²) < 4.78 is 10.2. The van der Waals surface area contributed by atoms with Gasteiger partial charge in [0.15, 0.2) is 0 Å². The highest BCUT2D eigenvalue weighted by molar-refractivity contribution is 5.77. The molecule has 4 heterocycles. The second kappa shape index (κ2) is 8.05. The summed E-state index contributed by atoms with van der Waals surface area (Å²) in [7, 11) is 3.95. The van der Waals surface area contributed by atoms with Gasteiger partial charge in [0, 0.05) is 65.3 Å². The van der Waals surface area contributed by atoms with Gasteiger partial charge in [0.2, 0.25) is 5.91 Å². The van der Waals surface area contributed by atoms with Crippen LogP contribution in [0, 0.1) is 0 Å². The lowest BCUT2D eigenvalue weighted by Gasteiger charge is -2.40. The predicted molar refractivity (Wildman–Crippen MR) is 105 cm³/mol. The van der Waals surface area contributed by atoms with Gasteiger partial charge in [0.05, 0.1) is 30.9 Å². The van der Waals surface area contributed by atoms with Crippen molar-refractivity contribution in [1.82, 2.24) is 29.1 Å². The standard InChI is InChI=1S/C20H30N6O2/c1-23-12-8-21-18(23)4-9-25-10-5-20(6-11-25)15-19(27)26(13-14-28-20)16-17-3-7-22-24(17)2/h3,7-8,12H,4-6,9-11,13-16H2,1-2H3. The molecule has 2 fully saturated rings. The molecule has 8 heteroatoms. The van der Waals surface area contributed by atoms with E-state index in [0.717, 1.165) is 50.4 Å². The van der Waals surface area contributed by atoms with Crippen LogP contribution in [0.15, 0.2) is 24.7 Å². The summed E-state index contributed by atoms with van der Waals surface area (Å²) in [5, 5.41) is 4.20. The molecule has 4 rings (SSSR count).